The highest BCUT2D eigenvalue weighted by molar-refractivity contribution is 14.0. The van der Waals surface area contributed by atoms with Gasteiger partial charge in [0.15, 0.2) is 5.96 Å². The molecular formula is C16H34IN5O. The second-order valence-corrected chi connectivity index (χ2v) is 6.14. The third-order valence-electron chi connectivity index (χ3n) is 4.07. The van der Waals surface area contributed by atoms with Gasteiger partial charge in [0.05, 0.1) is 0 Å². The van der Waals surface area contributed by atoms with Gasteiger partial charge in [-0.25, -0.2) is 4.99 Å². The molecule has 1 unspecified atom stereocenters. The van der Waals surface area contributed by atoms with E-state index in [1.54, 1.807) is 19.0 Å². The summed E-state index contributed by atoms with van der Waals surface area (Å²) < 4.78 is 0. The van der Waals surface area contributed by atoms with E-state index in [4.69, 9.17) is 0 Å². The van der Waals surface area contributed by atoms with Gasteiger partial charge in [0, 0.05) is 39.8 Å². The summed E-state index contributed by atoms with van der Waals surface area (Å²) in [4.78, 5) is 20.0. The van der Waals surface area contributed by atoms with Crippen molar-refractivity contribution in [3.8, 4) is 0 Å². The standard InChI is InChI=1S/C16H33N5O.HI/c1-5-17-16(19-13-15(22)20(3)4)18-10-8-12-21-11-7-6-9-14(21)2;/h14H,5-13H2,1-4H3,(H2,17,18,19);1H. The zero-order chi connectivity index (χ0) is 16.4. The Balaban J connectivity index is 0.00000484. The molecule has 23 heavy (non-hydrogen) atoms. The Morgan fingerprint density at radius 3 is 2.65 bits per heavy atom. The molecule has 7 heteroatoms. The van der Waals surface area contributed by atoms with Crippen molar-refractivity contribution < 1.29 is 4.79 Å². The van der Waals surface area contributed by atoms with Crippen molar-refractivity contribution in [3.05, 3.63) is 0 Å². The van der Waals surface area contributed by atoms with Gasteiger partial charge in [-0.2, -0.15) is 0 Å². The van der Waals surface area contributed by atoms with Crippen LogP contribution in [0, 0.1) is 0 Å². The topological polar surface area (TPSA) is 60.0 Å². The summed E-state index contributed by atoms with van der Waals surface area (Å²) in [5.41, 5.74) is 0. The van der Waals surface area contributed by atoms with E-state index in [9.17, 15) is 4.79 Å². The highest BCUT2D eigenvalue weighted by Gasteiger charge is 2.17. The number of carbonyl (C=O) groups excluding carboxylic acids is 1. The molecule has 1 saturated heterocycles. The van der Waals surface area contributed by atoms with Crippen LogP contribution in [0.15, 0.2) is 4.99 Å². The van der Waals surface area contributed by atoms with Crippen LogP contribution in [-0.4, -0.2) is 74.5 Å². The molecule has 0 spiro atoms. The summed E-state index contributed by atoms with van der Waals surface area (Å²) in [6.07, 6.45) is 5.11. The molecule has 0 aliphatic carbocycles. The minimum Gasteiger partial charge on any atom is -0.357 e. The predicted octanol–water partition coefficient (Wildman–Crippen LogP) is 1.51. The maximum Gasteiger partial charge on any atom is 0.243 e. The second-order valence-electron chi connectivity index (χ2n) is 6.14. The number of rotatable bonds is 7. The van der Waals surface area contributed by atoms with Crippen LogP contribution >= 0.6 is 24.0 Å². The van der Waals surface area contributed by atoms with Gasteiger partial charge < -0.3 is 20.4 Å². The summed E-state index contributed by atoms with van der Waals surface area (Å²) in [5.74, 6) is 0.740. The molecule has 1 heterocycles. The molecule has 1 rings (SSSR count). The molecule has 0 bridgehead atoms. The van der Waals surface area contributed by atoms with E-state index in [0.29, 0.717) is 6.04 Å². The van der Waals surface area contributed by atoms with Gasteiger partial charge in [-0.15, -0.1) is 24.0 Å². The number of aliphatic imine (C=N–C) groups is 1. The summed E-state index contributed by atoms with van der Waals surface area (Å²) in [7, 11) is 3.50. The van der Waals surface area contributed by atoms with Crippen molar-refractivity contribution in [1.29, 1.82) is 0 Å². The Kier molecular flexibility index (Phi) is 12.5. The van der Waals surface area contributed by atoms with Crippen molar-refractivity contribution in [2.45, 2.75) is 45.6 Å². The first-order chi connectivity index (χ1) is 10.5. The number of nitrogens with one attached hydrogen (secondary N) is 2. The Morgan fingerprint density at radius 2 is 2.04 bits per heavy atom. The Labute approximate surface area is 158 Å². The molecule has 0 aromatic heterocycles. The Bertz CT molecular complexity index is 362. The fourth-order valence-electron chi connectivity index (χ4n) is 2.61. The lowest BCUT2D eigenvalue weighted by Gasteiger charge is -2.33. The van der Waals surface area contributed by atoms with Gasteiger partial charge in [-0.05, 0) is 39.7 Å². The molecule has 2 N–H and O–H groups in total. The molecule has 1 fully saturated rings. The summed E-state index contributed by atoms with van der Waals surface area (Å²) >= 11 is 0. The van der Waals surface area contributed by atoms with Crippen LogP contribution in [0.4, 0.5) is 0 Å². The normalized spacial score (nSPS) is 19.0. The highest BCUT2D eigenvalue weighted by Crippen LogP contribution is 2.15. The van der Waals surface area contributed by atoms with Crippen molar-refractivity contribution in [3.63, 3.8) is 0 Å². The number of likely N-dealkylation sites (tertiary alicyclic amines) is 1. The molecule has 1 atom stereocenters. The van der Waals surface area contributed by atoms with Gasteiger partial charge >= 0.3 is 0 Å². The maximum atomic E-state index is 11.6. The molecule has 0 saturated carbocycles. The predicted molar refractivity (Wildman–Crippen MR) is 108 cm³/mol. The molecule has 1 aliphatic heterocycles. The van der Waals surface area contributed by atoms with E-state index in [-0.39, 0.29) is 36.4 Å². The number of hydrogen-bond donors (Lipinski definition) is 2. The summed E-state index contributed by atoms with van der Waals surface area (Å²) in [6, 6.07) is 0.716. The number of halogens is 1. The average Bonchev–Trinajstić information content (AvgIpc) is 2.50. The fraction of sp³-hybridized carbons (Fsp3) is 0.875. The number of amides is 1. The minimum absolute atomic E-state index is 0. The molecule has 0 aromatic carbocycles. The van der Waals surface area contributed by atoms with E-state index in [1.807, 2.05) is 6.92 Å². The van der Waals surface area contributed by atoms with E-state index >= 15 is 0 Å². The fourth-order valence-corrected chi connectivity index (χ4v) is 2.61. The lowest BCUT2D eigenvalue weighted by Crippen LogP contribution is -2.41. The van der Waals surface area contributed by atoms with Crippen LogP contribution in [0.3, 0.4) is 0 Å². The first kappa shape index (κ1) is 22.4. The Hall–Kier alpha value is -0.570. The first-order valence-electron chi connectivity index (χ1n) is 8.51. The maximum absolute atomic E-state index is 11.6. The number of piperidine rings is 1. The zero-order valence-corrected chi connectivity index (χ0v) is 17.4. The smallest absolute Gasteiger partial charge is 0.243 e. The lowest BCUT2D eigenvalue weighted by molar-refractivity contribution is -0.127. The molecular weight excluding hydrogens is 405 g/mol. The highest BCUT2D eigenvalue weighted by atomic mass is 127. The molecule has 0 radical (unpaired) electrons. The van der Waals surface area contributed by atoms with E-state index in [0.717, 1.165) is 32.0 Å². The quantitative estimate of drug-likeness (QED) is 0.273. The van der Waals surface area contributed by atoms with Crippen LogP contribution in [-0.2, 0) is 4.79 Å². The third kappa shape index (κ3) is 9.34. The van der Waals surface area contributed by atoms with E-state index < -0.39 is 0 Å². The molecule has 6 nitrogen and oxygen atoms in total. The van der Waals surface area contributed by atoms with Crippen molar-refractivity contribution in [2.75, 3.05) is 46.8 Å². The van der Waals surface area contributed by atoms with Gasteiger partial charge in [0.1, 0.15) is 6.54 Å². The molecule has 0 aromatic rings. The van der Waals surface area contributed by atoms with Gasteiger partial charge in [-0.3, -0.25) is 4.79 Å². The van der Waals surface area contributed by atoms with Crippen molar-refractivity contribution in [1.82, 2.24) is 20.4 Å². The largest absolute Gasteiger partial charge is 0.357 e. The lowest BCUT2D eigenvalue weighted by atomic mass is 10.0. The number of nitrogens with zero attached hydrogens (tertiary/aromatic N) is 3. The molecule has 1 amide bonds. The average molecular weight is 439 g/mol. The molecule has 136 valence electrons. The first-order valence-corrected chi connectivity index (χ1v) is 8.51. The SMILES string of the molecule is CCNC(=NCC(=O)N(C)C)NCCCN1CCCCC1C.I. The van der Waals surface area contributed by atoms with Crippen LogP contribution in [0.1, 0.15) is 39.5 Å². The van der Waals surface area contributed by atoms with Gasteiger partial charge in [0.2, 0.25) is 5.91 Å². The monoisotopic (exact) mass is 439 g/mol. The van der Waals surface area contributed by atoms with Crippen LogP contribution in [0.2, 0.25) is 0 Å². The second kappa shape index (κ2) is 12.8. The number of likely N-dealkylation sites (N-methyl/N-ethyl adjacent to an activating group) is 1. The van der Waals surface area contributed by atoms with Gasteiger partial charge in [-0.1, -0.05) is 6.42 Å². The number of carbonyl (C=O) groups is 1. The van der Waals surface area contributed by atoms with E-state index in [1.165, 1.54) is 25.8 Å². The van der Waals surface area contributed by atoms with Crippen LogP contribution in [0.25, 0.3) is 0 Å². The van der Waals surface area contributed by atoms with Crippen LogP contribution in [0.5, 0.6) is 0 Å². The molecule has 1 aliphatic rings. The van der Waals surface area contributed by atoms with E-state index in [2.05, 4.69) is 27.4 Å². The Morgan fingerprint density at radius 1 is 1.30 bits per heavy atom. The van der Waals surface area contributed by atoms with Gasteiger partial charge in [0.25, 0.3) is 0 Å². The number of guanidine groups is 1. The van der Waals surface area contributed by atoms with Crippen molar-refractivity contribution in [2.24, 2.45) is 4.99 Å². The summed E-state index contributed by atoms with van der Waals surface area (Å²) in [6.45, 7) is 8.57. The zero-order valence-electron chi connectivity index (χ0n) is 15.1. The van der Waals surface area contributed by atoms with Crippen LogP contribution < -0.4 is 10.6 Å². The minimum atomic E-state index is 0. The summed E-state index contributed by atoms with van der Waals surface area (Å²) in [5, 5.41) is 6.49. The third-order valence-corrected chi connectivity index (χ3v) is 4.07. The number of hydrogen-bond acceptors (Lipinski definition) is 3. The van der Waals surface area contributed by atoms with Crippen molar-refractivity contribution >= 4 is 35.8 Å².